The molecule has 0 amide bonds. The Morgan fingerprint density at radius 1 is 0.241 bits per heavy atom. The van der Waals surface area contributed by atoms with Crippen LogP contribution in [-0.2, 0) is 0 Å². The van der Waals surface area contributed by atoms with Crippen LogP contribution in [0.3, 0.4) is 0 Å². The van der Waals surface area contributed by atoms with E-state index >= 15 is 0 Å². The minimum atomic E-state index is 0.630. The molecule has 54 heavy (non-hydrogen) atoms. The van der Waals surface area contributed by atoms with Crippen molar-refractivity contribution in [2.75, 3.05) is 0 Å². The molecule has 0 spiro atoms. The molecule has 0 fully saturated rings. The molecule has 3 nitrogen and oxygen atoms in total. The van der Waals surface area contributed by atoms with Crippen molar-refractivity contribution in [2.24, 2.45) is 0 Å². The number of nitrogens with zero attached hydrogens (tertiary/aromatic N) is 3. The normalized spacial score (nSPS) is 11.3. The molecule has 0 aliphatic carbocycles. The smallest absolute Gasteiger partial charge is 0.165 e. The lowest BCUT2D eigenvalue weighted by Gasteiger charge is -2.15. The number of aromatic nitrogens is 3. The van der Waals surface area contributed by atoms with Gasteiger partial charge in [-0.15, -0.1) is 0 Å². The van der Waals surface area contributed by atoms with E-state index in [2.05, 4.69) is 194 Å². The van der Waals surface area contributed by atoms with E-state index in [4.69, 9.17) is 15.0 Å². The van der Waals surface area contributed by atoms with Crippen LogP contribution in [0.2, 0.25) is 0 Å². The summed E-state index contributed by atoms with van der Waals surface area (Å²) in [5.74, 6) is 1.91. The van der Waals surface area contributed by atoms with Gasteiger partial charge in [-0.3, -0.25) is 0 Å². The van der Waals surface area contributed by atoms with Gasteiger partial charge in [-0.2, -0.15) is 0 Å². The fourth-order valence-electron chi connectivity index (χ4n) is 7.59. The van der Waals surface area contributed by atoms with Gasteiger partial charge in [0.05, 0.1) is 0 Å². The zero-order valence-corrected chi connectivity index (χ0v) is 29.4. The van der Waals surface area contributed by atoms with Gasteiger partial charge in [-0.05, 0) is 77.8 Å². The Labute approximate surface area is 313 Å². The van der Waals surface area contributed by atoms with Crippen LogP contribution in [0.1, 0.15) is 0 Å². The van der Waals surface area contributed by atoms with Crippen molar-refractivity contribution in [3.63, 3.8) is 0 Å². The number of hydrogen-bond donors (Lipinski definition) is 0. The maximum atomic E-state index is 5.28. The topological polar surface area (TPSA) is 38.7 Å². The molecule has 0 radical (unpaired) electrons. The van der Waals surface area contributed by atoms with Gasteiger partial charge in [-0.1, -0.05) is 188 Å². The Hall–Kier alpha value is -7.23. The Morgan fingerprint density at radius 2 is 0.722 bits per heavy atom. The van der Waals surface area contributed by atoms with Crippen LogP contribution in [0.15, 0.2) is 200 Å². The predicted molar refractivity (Wildman–Crippen MR) is 225 cm³/mol. The van der Waals surface area contributed by atoms with Gasteiger partial charge in [0.25, 0.3) is 0 Å². The minimum absolute atomic E-state index is 0.630. The second-order valence-corrected chi connectivity index (χ2v) is 13.6. The second kappa shape index (κ2) is 13.4. The molecule has 0 N–H and O–H groups in total. The first-order chi connectivity index (χ1) is 26.7. The van der Waals surface area contributed by atoms with Gasteiger partial charge in [0, 0.05) is 16.7 Å². The molecule has 10 rings (SSSR count). The van der Waals surface area contributed by atoms with Gasteiger partial charge >= 0.3 is 0 Å². The van der Waals surface area contributed by atoms with Gasteiger partial charge < -0.3 is 0 Å². The van der Waals surface area contributed by atoms with Crippen LogP contribution < -0.4 is 0 Å². The largest absolute Gasteiger partial charge is 0.208 e. The van der Waals surface area contributed by atoms with Crippen molar-refractivity contribution in [3.8, 4) is 67.5 Å². The van der Waals surface area contributed by atoms with Crippen LogP contribution in [0, 0.1) is 0 Å². The Balaban J connectivity index is 1.15. The summed E-state index contributed by atoms with van der Waals surface area (Å²) >= 11 is 0. The fourth-order valence-corrected chi connectivity index (χ4v) is 7.59. The monoisotopic (exact) mass is 687 g/mol. The first kappa shape index (κ1) is 31.5. The summed E-state index contributed by atoms with van der Waals surface area (Å²) in [7, 11) is 0. The average Bonchev–Trinajstić information content (AvgIpc) is 3.26. The lowest BCUT2D eigenvalue weighted by atomic mass is 9.93. The zero-order chi connectivity index (χ0) is 35.8. The second-order valence-electron chi connectivity index (χ2n) is 13.6. The summed E-state index contributed by atoms with van der Waals surface area (Å²) < 4.78 is 0. The SMILES string of the molecule is c1ccc(-c2ccc3cc(-c4nc(-c5ccc(-c6cccc7ccccc67)cc5)nc(-c5c(-c6ccccc6)ccc6ccccc56)n4)ccc3c2)cc1. The Morgan fingerprint density at radius 3 is 1.46 bits per heavy atom. The highest BCUT2D eigenvalue weighted by Gasteiger charge is 2.19. The van der Waals surface area contributed by atoms with Gasteiger partial charge in [-0.25, -0.2) is 15.0 Å². The van der Waals surface area contributed by atoms with Crippen LogP contribution in [-0.4, -0.2) is 15.0 Å². The summed E-state index contributed by atoms with van der Waals surface area (Å²) in [4.78, 5) is 15.7. The van der Waals surface area contributed by atoms with E-state index in [1.807, 2.05) is 6.07 Å². The van der Waals surface area contributed by atoms with Crippen molar-refractivity contribution < 1.29 is 0 Å². The summed E-state index contributed by atoms with van der Waals surface area (Å²) in [6, 6.07) is 70.6. The molecule has 1 aromatic heterocycles. The van der Waals surface area contributed by atoms with Gasteiger partial charge in [0.2, 0.25) is 0 Å². The third-order valence-corrected chi connectivity index (χ3v) is 10.3. The third kappa shape index (κ3) is 5.78. The summed E-state index contributed by atoms with van der Waals surface area (Å²) in [5, 5.41) is 6.98. The highest BCUT2D eigenvalue weighted by atomic mass is 15.0. The molecule has 3 heteroatoms. The van der Waals surface area contributed by atoms with E-state index in [1.165, 1.54) is 32.8 Å². The molecule has 0 saturated heterocycles. The van der Waals surface area contributed by atoms with E-state index in [-0.39, 0.29) is 0 Å². The molecule has 1 heterocycles. The van der Waals surface area contributed by atoms with Crippen LogP contribution in [0.4, 0.5) is 0 Å². The third-order valence-electron chi connectivity index (χ3n) is 10.3. The van der Waals surface area contributed by atoms with Crippen LogP contribution in [0.25, 0.3) is 99.9 Å². The number of benzene rings is 9. The molecule has 9 aromatic carbocycles. The molecule has 0 saturated carbocycles. The molecule has 0 bridgehead atoms. The quantitative estimate of drug-likeness (QED) is 0.175. The maximum Gasteiger partial charge on any atom is 0.165 e. The summed E-state index contributed by atoms with van der Waals surface area (Å²) in [6.07, 6.45) is 0. The Kier molecular flexibility index (Phi) is 7.81. The van der Waals surface area contributed by atoms with E-state index in [0.29, 0.717) is 17.5 Å². The molecule has 0 atom stereocenters. The molecule has 0 aliphatic rings. The van der Waals surface area contributed by atoms with E-state index in [1.54, 1.807) is 0 Å². The molecule has 252 valence electrons. The average molecular weight is 688 g/mol. The van der Waals surface area contributed by atoms with Gasteiger partial charge in [0.1, 0.15) is 0 Å². The summed E-state index contributed by atoms with van der Waals surface area (Å²) in [6.45, 7) is 0. The van der Waals surface area contributed by atoms with E-state index in [9.17, 15) is 0 Å². The highest BCUT2D eigenvalue weighted by Crippen LogP contribution is 2.39. The number of fused-ring (bicyclic) bond motifs is 3. The molecular weight excluding hydrogens is 655 g/mol. The van der Waals surface area contributed by atoms with Crippen molar-refractivity contribution in [2.45, 2.75) is 0 Å². The number of rotatable bonds is 6. The summed E-state index contributed by atoms with van der Waals surface area (Å²) in [5.41, 5.74) is 9.79. The zero-order valence-electron chi connectivity index (χ0n) is 29.4. The van der Waals surface area contributed by atoms with Crippen molar-refractivity contribution in [3.05, 3.63) is 200 Å². The van der Waals surface area contributed by atoms with Crippen molar-refractivity contribution >= 4 is 32.3 Å². The molecule has 10 aromatic rings. The van der Waals surface area contributed by atoms with E-state index < -0.39 is 0 Å². The van der Waals surface area contributed by atoms with Crippen molar-refractivity contribution in [1.29, 1.82) is 0 Å². The van der Waals surface area contributed by atoms with Crippen LogP contribution in [0.5, 0.6) is 0 Å². The first-order valence-electron chi connectivity index (χ1n) is 18.3. The fraction of sp³-hybridized carbons (Fsp3) is 0. The highest BCUT2D eigenvalue weighted by molar-refractivity contribution is 6.03. The lowest BCUT2D eigenvalue weighted by molar-refractivity contribution is 1.08. The molecule has 0 aliphatic heterocycles. The standard InChI is InChI=1S/C51H33N3/c1-3-12-34(13-4-1)40-26-27-42-33-43(29-28-41(42)32-40)50-52-49(39-24-22-38(23-25-39)45-21-11-18-35-16-7-9-19-44(35)45)53-51(54-50)48-46-20-10-8-17-37(46)30-31-47(48)36-14-5-2-6-15-36/h1-33H. The van der Waals surface area contributed by atoms with Crippen molar-refractivity contribution in [1.82, 2.24) is 15.0 Å². The lowest BCUT2D eigenvalue weighted by Crippen LogP contribution is -2.02. The first-order valence-corrected chi connectivity index (χ1v) is 18.3. The number of hydrogen-bond acceptors (Lipinski definition) is 3. The van der Waals surface area contributed by atoms with Crippen LogP contribution >= 0.6 is 0 Å². The van der Waals surface area contributed by atoms with Gasteiger partial charge in [0.15, 0.2) is 17.5 Å². The predicted octanol–water partition coefficient (Wildman–Crippen LogP) is 13.3. The van der Waals surface area contributed by atoms with E-state index in [0.717, 1.165) is 49.5 Å². The Bertz CT molecular complexity index is 2970. The molecular formula is C51H33N3. The minimum Gasteiger partial charge on any atom is -0.208 e. The molecule has 0 unspecified atom stereocenters. The maximum absolute atomic E-state index is 5.28.